The van der Waals surface area contributed by atoms with Gasteiger partial charge in [-0.15, -0.1) is 0 Å². The summed E-state index contributed by atoms with van der Waals surface area (Å²) in [6, 6.07) is 9.20. The molecule has 0 aliphatic heterocycles. The predicted octanol–water partition coefficient (Wildman–Crippen LogP) is 4.00. The summed E-state index contributed by atoms with van der Waals surface area (Å²) in [7, 11) is 0. The van der Waals surface area contributed by atoms with Crippen molar-refractivity contribution < 1.29 is 5.11 Å². The Hall–Kier alpha value is -0.210. The number of benzene rings is 1. The van der Waals surface area contributed by atoms with Crippen LogP contribution in [0.15, 0.2) is 39.9 Å². The van der Waals surface area contributed by atoms with Crippen molar-refractivity contribution in [1.82, 2.24) is 0 Å². The van der Waals surface area contributed by atoms with Crippen LogP contribution in [0.4, 0.5) is 0 Å². The van der Waals surface area contributed by atoms with E-state index in [2.05, 4.69) is 0 Å². The Kier molecular flexibility index (Phi) is 4.76. The minimum atomic E-state index is -0.670. The van der Waals surface area contributed by atoms with Gasteiger partial charge in [0, 0.05) is 6.42 Å². The van der Waals surface area contributed by atoms with Crippen LogP contribution < -0.4 is 0 Å². The maximum Gasteiger partial charge on any atom is 0.121 e. The van der Waals surface area contributed by atoms with E-state index in [1.54, 1.807) is 0 Å². The second-order valence-corrected chi connectivity index (χ2v) is 4.20. The number of hydrogen-bond donors (Lipinski definition) is 1. The van der Waals surface area contributed by atoms with E-state index in [0.717, 1.165) is 5.56 Å². The molecular weight excluding hydrogens is 242 g/mol. The Morgan fingerprint density at radius 3 is 2.21 bits per heavy atom. The lowest BCUT2D eigenvalue weighted by Crippen LogP contribution is -1.96. The van der Waals surface area contributed by atoms with Crippen molar-refractivity contribution in [2.75, 3.05) is 0 Å². The van der Waals surface area contributed by atoms with Gasteiger partial charge in [0.25, 0.3) is 0 Å². The standard InChI is InChI=1S/C10H9Cl3O/c11-8(10(12)13)6-9(14)7-4-2-1-3-5-7/h1-5,9,14H,6H2/t9-/m0/s1. The number of rotatable bonds is 3. The molecule has 0 heterocycles. The second kappa shape index (κ2) is 5.62. The van der Waals surface area contributed by atoms with E-state index in [9.17, 15) is 5.11 Å². The Labute approximate surface area is 97.9 Å². The summed E-state index contributed by atoms with van der Waals surface area (Å²) >= 11 is 16.6. The van der Waals surface area contributed by atoms with Gasteiger partial charge in [0.1, 0.15) is 4.49 Å². The van der Waals surface area contributed by atoms with Gasteiger partial charge in [0.2, 0.25) is 0 Å². The number of aliphatic hydroxyl groups excluding tert-OH is 1. The van der Waals surface area contributed by atoms with Crippen molar-refractivity contribution in [2.24, 2.45) is 0 Å². The fourth-order valence-corrected chi connectivity index (χ4v) is 1.34. The number of hydrogen-bond acceptors (Lipinski definition) is 1. The second-order valence-electron chi connectivity index (χ2n) is 2.80. The molecule has 1 atom stereocenters. The van der Waals surface area contributed by atoms with Crippen LogP contribution >= 0.6 is 34.8 Å². The van der Waals surface area contributed by atoms with Gasteiger partial charge in [0.05, 0.1) is 11.1 Å². The van der Waals surface area contributed by atoms with E-state index in [1.165, 1.54) is 0 Å². The molecule has 0 bridgehead atoms. The molecule has 0 spiro atoms. The van der Waals surface area contributed by atoms with Crippen LogP contribution in [0.3, 0.4) is 0 Å². The maximum absolute atomic E-state index is 9.70. The van der Waals surface area contributed by atoms with Crippen LogP contribution in [0.5, 0.6) is 0 Å². The Morgan fingerprint density at radius 1 is 1.14 bits per heavy atom. The third-order valence-electron chi connectivity index (χ3n) is 1.76. The first-order chi connectivity index (χ1) is 6.61. The molecule has 14 heavy (non-hydrogen) atoms. The molecule has 0 aromatic heterocycles. The first-order valence-corrected chi connectivity index (χ1v) is 5.17. The highest BCUT2D eigenvalue weighted by atomic mass is 35.5. The van der Waals surface area contributed by atoms with Crippen molar-refractivity contribution in [3.63, 3.8) is 0 Å². The molecule has 1 nitrogen and oxygen atoms in total. The molecule has 76 valence electrons. The van der Waals surface area contributed by atoms with Gasteiger partial charge in [-0.2, -0.15) is 0 Å². The van der Waals surface area contributed by atoms with E-state index in [-0.39, 0.29) is 15.9 Å². The highest BCUT2D eigenvalue weighted by molar-refractivity contribution is 6.59. The molecule has 0 radical (unpaired) electrons. The molecule has 1 aromatic rings. The normalized spacial score (nSPS) is 12.3. The van der Waals surface area contributed by atoms with Crippen molar-refractivity contribution >= 4 is 34.8 Å². The molecule has 0 unspecified atom stereocenters. The van der Waals surface area contributed by atoms with Crippen LogP contribution in [0, 0.1) is 0 Å². The van der Waals surface area contributed by atoms with Crippen LogP contribution in [0.2, 0.25) is 0 Å². The molecule has 0 amide bonds. The van der Waals surface area contributed by atoms with E-state index in [4.69, 9.17) is 34.8 Å². The summed E-state index contributed by atoms with van der Waals surface area (Å²) in [6.07, 6.45) is -0.440. The summed E-state index contributed by atoms with van der Waals surface area (Å²) < 4.78 is 0.00153. The van der Waals surface area contributed by atoms with E-state index >= 15 is 0 Å². The van der Waals surface area contributed by atoms with Gasteiger partial charge in [0.15, 0.2) is 0 Å². The lowest BCUT2D eigenvalue weighted by atomic mass is 10.1. The van der Waals surface area contributed by atoms with Crippen LogP contribution in [0.25, 0.3) is 0 Å². The maximum atomic E-state index is 9.70. The molecular formula is C10H9Cl3O. The third kappa shape index (κ3) is 3.50. The highest BCUT2D eigenvalue weighted by Gasteiger charge is 2.10. The number of aliphatic hydroxyl groups is 1. The van der Waals surface area contributed by atoms with Crippen molar-refractivity contribution in [3.05, 3.63) is 45.4 Å². The molecule has 0 saturated carbocycles. The molecule has 1 N–H and O–H groups in total. The average molecular weight is 252 g/mol. The van der Waals surface area contributed by atoms with Crippen LogP contribution in [-0.4, -0.2) is 5.11 Å². The van der Waals surface area contributed by atoms with Gasteiger partial charge < -0.3 is 5.11 Å². The fraction of sp³-hybridized carbons (Fsp3) is 0.200. The lowest BCUT2D eigenvalue weighted by Gasteiger charge is -2.09. The summed E-state index contributed by atoms with van der Waals surface area (Å²) in [5.74, 6) is 0. The molecule has 1 rings (SSSR count). The summed E-state index contributed by atoms with van der Waals surface area (Å²) in [6.45, 7) is 0. The SMILES string of the molecule is O[C@@H](CC(Cl)=C(Cl)Cl)c1ccccc1. The predicted molar refractivity (Wildman–Crippen MR) is 60.6 cm³/mol. The Morgan fingerprint density at radius 2 is 1.71 bits per heavy atom. The van der Waals surface area contributed by atoms with Gasteiger partial charge >= 0.3 is 0 Å². The minimum absolute atomic E-state index is 0.00153. The zero-order valence-corrected chi connectivity index (χ0v) is 9.52. The van der Waals surface area contributed by atoms with Crippen molar-refractivity contribution in [1.29, 1.82) is 0 Å². The van der Waals surface area contributed by atoms with E-state index in [1.807, 2.05) is 30.3 Å². The Balaban J connectivity index is 2.69. The lowest BCUT2D eigenvalue weighted by molar-refractivity contribution is 0.180. The van der Waals surface area contributed by atoms with Crippen molar-refractivity contribution in [3.8, 4) is 0 Å². The highest BCUT2D eigenvalue weighted by Crippen LogP contribution is 2.28. The number of halogens is 3. The quantitative estimate of drug-likeness (QED) is 0.861. The minimum Gasteiger partial charge on any atom is -0.388 e. The summed E-state index contributed by atoms with van der Waals surface area (Å²) in [4.78, 5) is 0. The van der Waals surface area contributed by atoms with Crippen molar-refractivity contribution in [2.45, 2.75) is 12.5 Å². The topological polar surface area (TPSA) is 20.2 Å². The molecule has 1 aromatic carbocycles. The zero-order valence-electron chi connectivity index (χ0n) is 7.25. The van der Waals surface area contributed by atoms with Gasteiger partial charge in [-0.05, 0) is 5.56 Å². The van der Waals surface area contributed by atoms with Crippen LogP contribution in [-0.2, 0) is 0 Å². The van der Waals surface area contributed by atoms with Gasteiger partial charge in [-0.3, -0.25) is 0 Å². The largest absolute Gasteiger partial charge is 0.388 e. The average Bonchev–Trinajstić information content (AvgIpc) is 2.19. The third-order valence-corrected chi connectivity index (χ3v) is 2.75. The van der Waals surface area contributed by atoms with Gasteiger partial charge in [-0.25, -0.2) is 0 Å². The zero-order chi connectivity index (χ0) is 10.6. The van der Waals surface area contributed by atoms with Crippen LogP contribution in [0.1, 0.15) is 18.1 Å². The molecule has 4 heteroatoms. The first kappa shape index (κ1) is 11.9. The smallest absolute Gasteiger partial charge is 0.121 e. The molecule has 0 aliphatic carbocycles. The molecule has 0 saturated heterocycles. The first-order valence-electron chi connectivity index (χ1n) is 4.04. The Bertz CT molecular complexity index is 317. The fourth-order valence-electron chi connectivity index (χ4n) is 1.04. The summed E-state index contributed by atoms with van der Waals surface area (Å²) in [5, 5.41) is 9.97. The van der Waals surface area contributed by atoms with E-state index in [0.29, 0.717) is 0 Å². The molecule has 0 fully saturated rings. The molecule has 0 aliphatic rings. The monoisotopic (exact) mass is 250 g/mol. The van der Waals surface area contributed by atoms with E-state index < -0.39 is 6.10 Å². The van der Waals surface area contributed by atoms with Gasteiger partial charge in [-0.1, -0.05) is 65.1 Å². The summed E-state index contributed by atoms with van der Waals surface area (Å²) in [5.41, 5.74) is 0.792.